The van der Waals surface area contributed by atoms with E-state index in [0.29, 0.717) is 0 Å². The van der Waals surface area contributed by atoms with Crippen molar-refractivity contribution in [3.8, 4) is 0 Å². The van der Waals surface area contributed by atoms with Gasteiger partial charge in [0.2, 0.25) is 0 Å². The fourth-order valence-electron chi connectivity index (χ4n) is 3.47. The molecule has 3 rings (SSSR count). The number of hydrogen-bond acceptors (Lipinski definition) is 4. The van der Waals surface area contributed by atoms with Crippen molar-refractivity contribution < 1.29 is 0 Å². The Kier molecular flexibility index (Phi) is 4.53. The van der Waals surface area contributed by atoms with Crippen molar-refractivity contribution in [2.45, 2.75) is 38.3 Å². The summed E-state index contributed by atoms with van der Waals surface area (Å²) in [6.07, 6.45) is 5.53. The molecule has 110 valence electrons. The Balaban J connectivity index is 1.54. The Morgan fingerprint density at radius 2 is 2.05 bits per heavy atom. The molecule has 4 nitrogen and oxygen atoms in total. The number of pyridine rings is 1. The number of hydrogen-bond donors (Lipinski definition) is 1. The highest BCUT2D eigenvalue weighted by Gasteiger charge is 2.28. The number of nitrogens with zero attached hydrogens (tertiary/aromatic N) is 3. The maximum Gasteiger partial charge on any atom is 0.126 e. The van der Waals surface area contributed by atoms with Gasteiger partial charge < -0.3 is 5.32 Å². The second-order valence-corrected chi connectivity index (χ2v) is 6.04. The lowest BCUT2D eigenvalue weighted by Gasteiger charge is -2.32. The van der Waals surface area contributed by atoms with E-state index in [-0.39, 0.29) is 0 Å². The lowest BCUT2D eigenvalue weighted by Crippen LogP contribution is -2.40. The topological polar surface area (TPSA) is 31.4 Å². The summed E-state index contributed by atoms with van der Waals surface area (Å²) in [6.45, 7) is 6.04. The number of rotatable bonds is 4. The quantitative estimate of drug-likeness (QED) is 0.912. The molecular formula is C16H26N4. The second kappa shape index (κ2) is 6.55. The molecule has 1 aromatic rings. The molecule has 0 aliphatic carbocycles. The number of likely N-dealkylation sites (tertiary alicyclic amines) is 2. The molecule has 2 saturated heterocycles. The van der Waals surface area contributed by atoms with Crippen molar-refractivity contribution in [2.75, 3.05) is 38.5 Å². The van der Waals surface area contributed by atoms with Crippen molar-refractivity contribution in [1.29, 1.82) is 0 Å². The van der Waals surface area contributed by atoms with Crippen LogP contribution in [0.25, 0.3) is 0 Å². The Morgan fingerprint density at radius 1 is 1.20 bits per heavy atom. The number of aromatic nitrogens is 1. The van der Waals surface area contributed by atoms with Gasteiger partial charge in [0, 0.05) is 32.7 Å². The smallest absolute Gasteiger partial charge is 0.126 e. The molecule has 2 aliphatic heterocycles. The molecule has 0 radical (unpaired) electrons. The number of piperidine rings is 1. The van der Waals surface area contributed by atoms with Gasteiger partial charge in [-0.2, -0.15) is 0 Å². The van der Waals surface area contributed by atoms with Gasteiger partial charge in [-0.25, -0.2) is 4.98 Å². The van der Waals surface area contributed by atoms with Crippen molar-refractivity contribution in [3.05, 3.63) is 23.9 Å². The predicted molar refractivity (Wildman–Crippen MR) is 82.9 cm³/mol. The fourth-order valence-corrected chi connectivity index (χ4v) is 3.47. The van der Waals surface area contributed by atoms with Gasteiger partial charge >= 0.3 is 0 Å². The Labute approximate surface area is 122 Å². The average molecular weight is 274 g/mol. The Bertz CT molecular complexity index is 428. The molecule has 0 aromatic carbocycles. The SMILES string of the molecule is CNc1cccc(CN2CCC(N3CCCCC3)C2)n1. The van der Waals surface area contributed by atoms with Crippen molar-refractivity contribution in [1.82, 2.24) is 14.8 Å². The summed E-state index contributed by atoms with van der Waals surface area (Å²) in [5, 5.41) is 3.11. The van der Waals surface area contributed by atoms with E-state index in [1.54, 1.807) is 0 Å². The van der Waals surface area contributed by atoms with E-state index >= 15 is 0 Å². The molecule has 1 unspecified atom stereocenters. The van der Waals surface area contributed by atoms with Crippen molar-refractivity contribution >= 4 is 5.82 Å². The van der Waals surface area contributed by atoms with Crippen LogP contribution in [0.3, 0.4) is 0 Å². The van der Waals surface area contributed by atoms with Gasteiger partial charge in [-0.05, 0) is 44.5 Å². The third kappa shape index (κ3) is 3.30. The van der Waals surface area contributed by atoms with E-state index in [1.807, 2.05) is 13.1 Å². The van der Waals surface area contributed by atoms with Crippen LogP contribution in [0.5, 0.6) is 0 Å². The molecule has 0 spiro atoms. The zero-order valence-corrected chi connectivity index (χ0v) is 12.5. The first-order valence-electron chi connectivity index (χ1n) is 7.95. The second-order valence-electron chi connectivity index (χ2n) is 6.04. The molecule has 2 aliphatic rings. The number of nitrogens with one attached hydrogen (secondary N) is 1. The van der Waals surface area contributed by atoms with Crippen LogP contribution in [0.4, 0.5) is 5.82 Å². The third-order valence-corrected chi connectivity index (χ3v) is 4.60. The number of anilines is 1. The van der Waals surface area contributed by atoms with E-state index in [4.69, 9.17) is 0 Å². The first-order valence-corrected chi connectivity index (χ1v) is 7.95. The monoisotopic (exact) mass is 274 g/mol. The predicted octanol–water partition coefficient (Wildman–Crippen LogP) is 2.18. The van der Waals surface area contributed by atoms with Gasteiger partial charge in [-0.15, -0.1) is 0 Å². The van der Waals surface area contributed by atoms with E-state index in [1.165, 1.54) is 57.6 Å². The molecule has 0 bridgehead atoms. The van der Waals surface area contributed by atoms with Crippen LogP contribution in [0.15, 0.2) is 18.2 Å². The molecule has 3 heterocycles. The molecule has 4 heteroatoms. The molecule has 0 amide bonds. The van der Waals surface area contributed by atoms with Crippen molar-refractivity contribution in [2.24, 2.45) is 0 Å². The molecule has 1 N–H and O–H groups in total. The van der Waals surface area contributed by atoms with Crippen molar-refractivity contribution in [3.63, 3.8) is 0 Å². The van der Waals surface area contributed by atoms with Crippen LogP contribution in [-0.2, 0) is 6.54 Å². The highest BCUT2D eigenvalue weighted by Crippen LogP contribution is 2.21. The van der Waals surface area contributed by atoms with Gasteiger partial charge in [0.25, 0.3) is 0 Å². The minimum atomic E-state index is 0.780. The van der Waals surface area contributed by atoms with Crippen LogP contribution in [0, 0.1) is 0 Å². The van der Waals surface area contributed by atoms with Gasteiger partial charge in [0.15, 0.2) is 0 Å². The summed E-state index contributed by atoms with van der Waals surface area (Å²) < 4.78 is 0. The zero-order chi connectivity index (χ0) is 13.8. The van der Waals surface area contributed by atoms with E-state index in [9.17, 15) is 0 Å². The highest BCUT2D eigenvalue weighted by molar-refractivity contribution is 5.34. The lowest BCUT2D eigenvalue weighted by atomic mass is 10.1. The lowest BCUT2D eigenvalue weighted by molar-refractivity contribution is 0.161. The normalized spacial score (nSPS) is 24.9. The van der Waals surface area contributed by atoms with Gasteiger partial charge in [-0.3, -0.25) is 9.80 Å². The Hall–Kier alpha value is -1.13. The summed E-state index contributed by atoms with van der Waals surface area (Å²) in [6, 6.07) is 7.02. The van der Waals surface area contributed by atoms with E-state index < -0.39 is 0 Å². The Morgan fingerprint density at radius 3 is 2.85 bits per heavy atom. The van der Waals surface area contributed by atoms with Gasteiger partial charge in [-0.1, -0.05) is 12.5 Å². The largest absolute Gasteiger partial charge is 0.373 e. The van der Waals surface area contributed by atoms with Crippen LogP contribution in [-0.4, -0.2) is 54.1 Å². The summed E-state index contributed by atoms with van der Waals surface area (Å²) in [5.74, 6) is 0.967. The molecule has 20 heavy (non-hydrogen) atoms. The first kappa shape index (κ1) is 13.8. The zero-order valence-electron chi connectivity index (χ0n) is 12.5. The third-order valence-electron chi connectivity index (χ3n) is 4.60. The minimum absolute atomic E-state index is 0.780. The van der Waals surface area contributed by atoms with Gasteiger partial charge in [0.05, 0.1) is 5.69 Å². The standard InChI is InChI=1S/C16H26N4/c1-17-16-7-5-6-14(18-16)12-19-11-8-15(13-19)20-9-3-2-4-10-20/h5-7,15H,2-4,8-13H2,1H3,(H,17,18). The molecule has 1 atom stereocenters. The molecule has 0 saturated carbocycles. The van der Waals surface area contributed by atoms with Crippen LogP contribution in [0.1, 0.15) is 31.4 Å². The van der Waals surface area contributed by atoms with E-state index in [2.05, 4.69) is 32.2 Å². The highest BCUT2D eigenvalue weighted by atomic mass is 15.3. The summed E-state index contributed by atoms with van der Waals surface area (Å²) in [7, 11) is 1.92. The summed E-state index contributed by atoms with van der Waals surface area (Å²) in [5.41, 5.74) is 1.18. The minimum Gasteiger partial charge on any atom is -0.373 e. The first-order chi connectivity index (χ1) is 9.85. The van der Waals surface area contributed by atoms with Crippen LogP contribution < -0.4 is 5.32 Å². The molecule has 1 aromatic heterocycles. The fraction of sp³-hybridized carbons (Fsp3) is 0.688. The maximum atomic E-state index is 4.63. The maximum absolute atomic E-state index is 4.63. The summed E-state index contributed by atoms with van der Waals surface area (Å²) >= 11 is 0. The molecule has 2 fully saturated rings. The van der Waals surface area contributed by atoms with Gasteiger partial charge in [0.1, 0.15) is 5.82 Å². The van der Waals surface area contributed by atoms with E-state index in [0.717, 1.165) is 18.4 Å². The average Bonchev–Trinajstić information content (AvgIpc) is 2.97. The van der Waals surface area contributed by atoms with Crippen LogP contribution >= 0.6 is 0 Å². The van der Waals surface area contributed by atoms with Crippen LogP contribution in [0.2, 0.25) is 0 Å². The molecular weight excluding hydrogens is 248 g/mol. The summed E-state index contributed by atoms with van der Waals surface area (Å²) in [4.78, 5) is 9.89.